The summed E-state index contributed by atoms with van der Waals surface area (Å²) in [7, 11) is 0. The van der Waals surface area contributed by atoms with Crippen molar-refractivity contribution in [2.24, 2.45) is 0 Å². The molecule has 0 saturated carbocycles. The first-order valence-electron chi connectivity index (χ1n) is 5.27. The number of carbonyl (C=O) groups excluding carboxylic acids is 1. The summed E-state index contributed by atoms with van der Waals surface area (Å²) in [6.07, 6.45) is 0. The lowest BCUT2D eigenvalue weighted by Crippen LogP contribution is -2.30. The molecule has 0 aliphatic rings. The second kappa shape index (κ2) is 5.73. The first-order chi connectivity index (χ1) is 6.90. The van der Waals surface area contributed by atoms with Gasteiger partial charge in [0.2, 0.25) is 0 Å². The molecule has 1 rings (SSSR count). The zero-order valence-corrected chi connectivity index (χ0v) is 8.10. The largest absolute Gasteiger partial charge is 0.310 e. The van der Waals surface area contributed by atoms with Crippen LogP contribution in [0, 0.1) is 0 Å². The van der Waals surface area contributed by atoms with Crippen LogP contribution in [-0.2, 0) is 0 Å². The Labute approximate surface area is 89.0 Å². The Bertz CT molecular complexity index is 340. The summed E-state index contributed by atoms with van der Waals surface area (Å²) in [5, 5.41) is 2.27. The molecule has 0 aromatic heterocycles. The molecule has 1 unspecified atom stereocenters. The molecular weight excluding hydrogens is 187 g/mol. The van der Waals surface area contributed by atoms with Crippen molar-refractivity contribution in [1.82, 2.24) is 5.32 Å². The number of hydrogen-bond donors (Lipinski definition) is 1. The molecule has 0 saturated heterocycles. The lowest BCUT2D eigenvalue weighted by molar-refractivity contribution is 0.0955. The molecule has 1 aromatic carbocycles. The van der Waals surface area contributed by atoms with Gasteiger partial charge in [0.25, 0.3) is 0 Å². The van der Waals surface area contributed by atoms with Crippen molar-refractivity contribution in [3.63, 3.8) is 0 Å². The average Bonchev–Trinajstić information content (AvgIpc) is 2.15. The van der Waals surface area contributed by atoms with Crippen molar-refractivity contribution < 1.29 is 8.91 Å². The van der Waals surface area contributed by atoms with Gasteiger partial charge in [0.1, 0.15) is 0 Å². The number of benzene rings is 1. The molecule has 0 aliphatic heterocycles. The molecule has 72 valence electrons. The zero-order valence-electron chi connectivity index (χ0n) is 10.3. The van der Waals surface area contributed by atoms with Gasteiger partial charge in [0.15, 0.2) is 5.78 Å². The molecule has 3 heteroatoms. The Hall–Kier alpha value is -0.860. The van der Waals surface area contributed by atoms with E-state index in [4.69, 9.17) is 4.11 Å². The van der Waals surface area contributed by atoms with Gasteiger partial charge in [-0.1, -0.05) is 30.3 Å². The Morgan fingerprint density at radius 2 is 2.08 bits per heavy atom. The van der Waals surface area contributed by atoms with E-state index in [-0.39, 0.29) is 18.2 Å². The highest BCUT2D eigenvalue weighted by atomic mass is 35.5. The Balaban J connectivity index is 0.00000225. The minimum absolute atomic E-state index is 0. The molecule has 13 heavy (non-hydrogen) atoms. The van der Waals surface area contributed by atoms with E-state index in [1.165, 1.54) is 0 Å². The minimum atomic E-state index is -2.29. The third-order valence-corrected chi connectivity index (χ3v) is 1.67. The van der Waals surface area contributed by atoms with Crippen LogP contribution in [0.1, 0.15) is 21.4 Å². The van der Waals surface area contributed by atoms with E-state index >= 15 is 0 Å². The fraction of sp³-hybridized carbons (Fsp3) is 0.300. The van der Waals surface area contributed by atoms with Gasteiger partial charge in [-0.05, 0) is 13.9 Å². The van der Waals surface area contributed by atoms with Crippen molar-refractivity contribution in [2.75, 3.05) is 6.98 Å². The third kappa shape index (κ3) is 3.17. The number of ketones is 1. The second-order valence-electron chi connectivity index (χ2n) is 2.60. The van der Waals surface area contributed by atoms with E-state index in [0.717, 1.165) is 0 Å². The lowest BCUT2D eigenvalue weighted by Gasteiger charge is -2.07. The summed E-state index contributed by atoms with van der Waals surface area (Å²) in [5.74, 6) is -0.216. The molecular formula is C10H14ClNO. The molecule has 0 radical (unpaired) electrons. The van der Waals surface area contributed by atoms with Gasteiger partial charge in [0.05, 0.1) is 6.04 Å². The summed E-state index contributed by atoms with van der Waals surface area (Å²) in [4.78, 5) is 11.7. The number of Topliss-reactive ketones (excluding diaryl/α,β-unsaturated/α-hetero) is 1. The van der Waals surface area contributed by atoms with Gasteiger partial charge in [-0.3, -0.25) is 4.79 Å². The van der Waals surface area contributed by atoms with Crippen LogP contribution in [0.15, 0.2) is 30.3 Å². The minimum Gasteiger partial charge on any atom is -0.310 e. The fourth-order valence-corrected chi connectivity index (χ4v) is 0.918. The van der Waals surface area contributed by atoms with Gasteiger partial charge < -0.3 is 5.32 Å². The van der Waals surface area contributed by atoms with E-state index < -0.39 is 13.0 Å². The van der Waals surface area contributed by atoms with Gasteiger partial charge in [-0.25, -0.2) is 0 Å². The Kier molecular flexibility index (Phi) is 3.32. The van der Waals surface area contributed by atoms with E-state index in [9.17, 15) is 4.79 Å². The van der Waals surface area contributed by atoms with Crippen molar-refractivity contribution >= 4 is 18.2 Å². The predicted molar refractivity (Wildman–Crippen MR) is 56.5 cm³/mol. The first kappa shape index (κ1) is 7.54. The molecule has 0 fully saturated rings. The maximum Gasteiger partial charge on any atom is 0.179 e. The van der Waals surface area contributed by atoms with E-state index in [2.05, 4.69) is 5.32 Å². The topological polar surface area (TPSA) is 29.1 Å². The number of halogens is 1. The lowest BCUT2D eigenvalue weighted by atomic mass is 10.1. The summed E-state index contributed by atoms with van der Waals surface area (Å²) in [5.41, 5.74) is 0.516. The predicted octanol–water partition coefficient (Wildman–Crippen LogP) is 1.90. The Morgan fingerprint density at radius 3 is 2.62 bits per heavy atom. The second-order valence-corrected chi connectivity index (χ2v) is 2.60. The van der Waals surface area contributed by atoms with Crippen LogP contribution in [0.5, 0.6) is 0 Å². The van der Waals surface area contributed by atoms with Gasteiger partial charge in [0, 0.05) is 9.68 Å². The summed E-state index contributed by atoms with van der Waals surface area (Å²) in [6.45, 7) is -0.744. The molecule has 0 amide bonds. The highest BCUT2D eigenvalue weighted by Crippen LogP contribution is 2.02. The molecule has 0 heterocycles. The van der Waals surface area contributed by atoms with Crippen LogP contribution in [0.4, 0.5) is 0 Å². The normalized spacial score (nSPS) is 15.9. The summed E-state index contributed by atoms with van der Waals surface area (Å²) >= 11 is 0. The monoisotopic (exact) mass is 203 g/mol. The van der Waals surface area contributed by atoms with E-state index in [1.54, 1.807) is 37.3 Å². The van der Waals surface area contributed by atoms with Crippen molar-refractivity contribution in [3.8, 4) is 0 Å². The number of likely N-dealkylation sites (N-methyl/N-ethyl adjacent to an activating group) is 1. The standard InChI is InChI=1S/C10H13NO.ClH/c1-8(11-2)10(12)9-6-4-3-5-7-9;/h3-8,11H,1-2H3;1H/i2+1D3;. The van der Waals surface area contributed by atoms with E-state index in [0.29, 0.717) is 5.56 Å². The molecule has 2 nitrogen and oxygen atoms in total. The summed E-state index contributed by atoms with van der Waals surface area (Å²) in [6, 6.07) is 7.92. The molecule has 0 bridgehead atoms. The van der Waals surface area contributed by atoms with Crippen LogP contribution in [0.25, 0.3) is 0 Å². The maximum atomic E-state index is 11.7. The molecule has 1 N–H and O–H groups in total. The molecule has 1 aromatic rings. The van der Waals surface area contributed by atoms with E-state index in [1.807, 2.05) is 0 Å². The van der Waals surface area contributed by atoms with Crippen molar-refractivity contribution in [3.05, 3.63) is 35.9 Å². The fourth-order valence-electron chi connectivity index (χ4n) is 0.918. The van der Waals surface area contributed by atoms with Gasteiger partial charge in [-0.2, -0.15) is 0 Å². The highest BCUT2D eigenvalue weighted by molar-refractivity contribution is 5.99. The summed E-state index contributed by atoms with van der Waals surface area (Å²) < 4.78 is 21.0. The van der Waals surface area contributed by atoms with Crippen LogP contribution in [-0.4, -0.2) is 18.8 Å². The first-order valence-corrected chi connectivity index (χ1v) is 3.77. The smallest absolute Gasteiger partial charge is 0.179 e. The van der Waals surface area contributed by atoms with Gasteiger partial charge in [-0.15, -0.1) is 12.4 Å². The maximum absolute atomic E-state index is 11.7. The number of carbonyl (C=O) groups is 1. The number of hydrogen-bond acceptors (Lipinski definition) is 2. The molecule has 0 spiro atoms. The van der Waals surface area contributed by atoms with Gasteiger partial charge >= 0.3 is 0 Å². The number of rotatable bonds is 3. The van der Waals surface area contributed by atoms with Crippen LogP contribution < -0.4 is 5.32 Å². The average molecular weight is 204 g/mol. The third-order valence-electron chi connectivity index (χ3n) is 1.67. The SMILES string of the molecule is Cl.[2H][13C]([2H])([2H])NC(C)C(=O)c1ccccc1. The van der Waals surface area contributed by atoms with Crippen LogP contribution >= 0.6 is 12.4 Å². The van der Waals surface area contributed by atoms with Crippen LogP contribution in [0.2, 0.25) is 0 Å². The van der Waals surface area contributed by atoms with Crippen molar-refractivity contribution in [2.45, 2.75) is 13.0 Å². The van der Waals surface area contributed by atoms with Crippen LogP contribution in [0.3, 0.4) is 0 Å². The highest BCUT2D eigenvalue weighted by Gasteiger charge is 2.11. The zero-order chi connectivity index (χ0) is 11.5. The van der Waals surface area contributed by atoms with Crippen molar-refractivity contribution in [1.29, 1.82) is 0 Å². The molecule has 1 atom stereocenters. The number of nitrogens with one attached hydrogen (secondary N) is 1. The Morgan fingerprint density at radius 1 is 1.46 bits per heavy atom. The quantitative estimate of drug-likeness (QED) is 0.601. The molecule has 0 aliphatic carbocycles.